The molecule has 0 aromatic heterocycles. The molecule has 2 atom stereocenters. The van der Waals surface area contributed by atoms with Crippen molar-refractivity contribution in [2.24, 2.45) is 11.7 Å². The van der Waals surface area contributed by atoms with E-state index < -0.39 is 0 Å². The molecule has 3 nitrogen and oxygen atoms in total. The second kappa shape index (κ2) is 10.9. The van der Waals surface area contributed by atoms with Crippen molar-refractivity contribution in [3.05, 3.63) is 0 Å². The van der Waals surface area contributed by atoms with Crippen molar-refractivity contribution in [2.45, 2.75) is 52.0 Å². The Hall–Kier alpha value is -0.220. The molecule has 0 aromatic carbocycles. The number of thioether (sulfide) groups is 1. The number of hydrogen-bond acceptors (Lipinski definition) is 3. The molecule has 0 rings (SSSR count). The lowest BCUT2D eigenvalue weighted by Crippen LogP contribution is -2.30. The minimum Gasteiger partial charge on any atom is -0.356 e. The van der Waals surface area contributed by atoms with E-state index in [-0.39, 0.29) is 17.9 Å². The average Bonchev–Trinajstić information content (AvgIpc) is 2.27. The summed E-state index contributed by atoms with van der Waals surface area (Å²) in [7, 11) is 0. The van der Waals surface area contributed by atoms with Gasteiger partial charge in [-0.25, -0.2) is 0 Å². The SMILES string of the molecule is CSCCCCNC(=O)C(C)CCCC(C)N. The normalized spacial score (nSPS) is 14.4. The predicted octanol–water partition coefficient (Wildman–Crippen LogP) is 2.40. The Morgan fingerprint density at radius 2 is 1.94 bits per heavy atom. The summed E-state index contributed by atoms with van der Waals surface area (Å²) >= 11 is 1.86. The van der Waals surface area contributed by atoms with Crippen LogP contribution in [0.4, 0.5) is 0 Å². The van der Waals surface area contributed by atoms with Gasteiger partial charge in [-0.15, -0.1) is 0 Å². The van der Waals surface area contributed by atoms with Crippen LogP contribution in [0.2, 0.25) is 0 Å². The summed E-state index contributed by atoms with van der Waals surface area (Å²) in [5, 5.41) is 3.00. The number of nitrogens with two attached hydrogens (primary N) is 1. The van der Waals surface area contributed by atoms with Gasteiger partial charge in [0.2, 0.25) is 5.91 Å². The summed E-state index contributed by atoms with van der Waals surface area (Å²) in [6.07, 6.45) is 7.36. The first-order valence-electron chi connectivity index (χ1n) is 6.60. The number of carbonyl (C=O) groups is 1. The number of amides is 1. The molecule has 17 heavy (non-hydrogen) atoms. The summed E-state index contributed by atoms with van der Waals surface area (Å²) in [5.74, 6) is 1.49. The molecule has 4 heteroatoms. The van der Waals surface area contributed by atoms with Crippen molar-refractivity contribution in [3.8, 4) is 0 Å². The van der Waals surface area contributed by atoms with Gasteiger partial charge in [0.05, 0.1) is 0 Å². The fourth-order valence-corrected chi connectivity index (χ4v) is 2.13. The van der Waals surface area contributed by atoms with Gasteiger partial charge in [-0.3, -0.25) is 4.79 Å². The Kier molecular flexibility index (Phi) is 10.8. The Labute approximate surface area is 110 Å². The molecule has 3 N–H and O–H groups in total. The monoisotopic (exact) mass is 260 g/mol. The smallest absolute Gasteiger partial charge is 0.222 e. The molecular weight excluding hydrogens is 232 g/mol. The lowest BCUT2D eigenvalue weighted by atomic mass is 10.0. The molecule has 0 aliphatic rings. The molecule has 0 fully saturated rings. The Morgan fingerprint density at radius 1 is 1.24 bits per heavy atom. The van der Waals surface area contributed by atoms with E-state index in [9.17, 15) is 4.79 Å². The molecular formula is C13H28N2OS. The summed E-state index contributed by atoms with van der Waals surface area (Å²) < 4.78 is 0. The van der Waals surface area contributed by atoms with Crippen LogP contribution in [0.1, 0.15) is 46.0 Å². The van der Waals surface area contributed by atoms with Crippen LogP contribution in [0.5, 0.6) is 0 Å². The van der Waals surface area contributed by atoms with Crippen molar-refractivity contribution in [3.63, 3.8) is 0 Å². The molecule has 1 amide bonds. The second-order valence-electron chi connectivity index (χ2n) is 4.80. The molecule has 0 bridgehead atoms. The molecule has 0 aliphatic heterocycles. The summed E-state index contributed by atoms with van der Waals surface area (Å²) in [6.45, 7) is 4.83. The van der Waals surface area contributed by atoms with E-state index in [0.717, 1.165) is 32.2 Å². The fourth-order valence-electron chi connectivity index (χ4n) is 1.63. The van der Waals surface area contributed by atoms with Crippen molar-refractivity contribution < 1.29 is 4.79 Å². The standard InChI is InChI=1S/C13H28N2OS/c1-11(7-6-8-12(2)14)13(16)15-9-4-5-10-17-3/h11-12H,4-10,14H2,1-3H3,(H,15,16). The Morgan fingerprint density at radius 3 is 2.53 bits per heavy atom. The molecule has 0 aliphatic carbocycles. The lowest BCUT2D eigenvalue weighted by Gasteiger charge is -2.12. The highest BCUT2D eigenvalue weighted by Gasteiger charge is 2.11. The number of unbranched alkanes of at least 4 members (excludes halogenated alkanes) is 1. The van der Waals surface area contributed by atoms with Crippen molar-refractivity contribution in [1.82, 2.24) is 5.32 Å². The highest BCUT2D eigenvalue weighted by molar-refractivity contribution is 7.98. The maximum Gasteiger partial charge on any atom is 0.222 e. The minimum absolute atomic E-state index is 0.120. The molecule has 0 saturated carbocycles. The number of rotatable bonds is 10. The van der Waals surface area contributed by atoms with Crippen LogP contribution in [0.3, 0.4) is 0 Å². The zero-order valence-electron chi connectivity index (χ0n) is 11.5. The molecule has 0 radical (unpaired) electrons. The third kappa shape index (κ3) is 10.6. The first-order chi connectivity index (χ1) is 8.07. The van der Waals surface area contributed by atoms with E-state index in [1.165, 1.54) is 12.2 Å². The predicted molar refractivity (Wildman–Crippen MR) is 77.3 cm³/mol. The van der Waals surface area contributed by atoms with Crippen LogP contribution in [0.15, 0.2) is 0 Å². The van der Waals surface area contributed by atoms with Crippen molar-refractivity contribution in [2.75, 3.05) is 18.6 Å². The maximum atomic E-state index is 11.7. The van der Waals surface area contributed by atoms with E-state index in [1.807, 2.05) is 25.6 Å². The molecule has 0 spiro atoms. The van der Waals surface area contributed by atoms with Gasteiger partial charge in [0, 0.05) is 18.5 Å². The lowest BCUT2D eigenvalue weighted by molar-refractivity contribution is -0.124. The summed E-state index contributed by atoms with van der Waals surface area (Å²) in [6, 6.07) is 0.247. The summed E-state index contributed by atoms with van der Waals surface area (Å²) in [5.41, 5.74) is 5.68. The zero-order valence-corrected chi connectivity index (χ0v) is 12.3. The third-order valence-corrected chi connectivity index (χ3v) is 3.52. The first kappa shape index (κ1) is 16.8. The van der Waals surface area contributed by atoms with Gasteiger partial charge in [-0.2, -0.15) is 11.8 Å². The molecule has 102 valence electrons. The molecule has 2 unspecified atom stereocenters. The second-order valence-corrected chi connectivity index (χ2v) is 5.79. The third-order valence-electron chi connectivity index (χ3n) is 2.82. The van der Waals surface area contributed by atoms with E-state index >= 15 is 0 Å². The molecule has 0 heterocycles. The van der Waals surface area contributed by atoms with E-state index in [2.05, 4.69) is 11.6 Å². The number of carbonyl (C=O) groups excluding carboxylic acids is 1. The Bertz CT molecular complexity index is 198. The van der Waals surface area contributed by atoms with Crippen LogP contribution in [-0.2, 0) is 4.79 Å². The van der Waals surface area contributed by atoms with Gasteiger partial charge in [-0.1, -0.05) is 13.3 Å². The van der Waals surface area contributed by atoms with Crippen LogP contribution >= 0.6 is 11.8 Å². The van der Waals surface area contributed by atoms with Crippen LogP contribution in [-0.4, -0.2) is 30.5 Å². The largest absolute Gasteiger partial charge is 0.356 e. The van der Waals surface area contributed by atoms with Gasteiger partial charge in [0.1, 0.15) is 0 Å². The van der Waals surface area contributed by atoms with E-state index in [0.29, 0.717) is 0 Å². The summed E-state index contributed by atoms with van der Waals surface area (Å²) in [4.78, 5) is 11.7. The van der Waals surface area contributed by atoms with Crippen LogP contribution in [0.25, 0.3) is 0 Å². The molecule has 0 saturated heterocycles. The Balaban J connectivity index is 3.47. The fraction of sp³-hybridized carbons (Fsp3) is 0.923. The highest BCUT2D eigenvalue weighted by atomic mass is 32.2. The average molecular weight is 260 g/mol. The van der Waals surface area contributed by atoms with Gasteiger partial charge < -0.3 is 11.1 Å². The van der Waals surface area contributed by atoms with Crippen molar-refractivity contribution >= 4 is 17.7 Å². The zero-order chi connectivity index (χ0) is 13.1. The van der Waals surface area contributed by atoms with E-state index in [1.54, 1.807) is 0 Å². The molecule has 0 aromatic rings. The van der Waals surface area contributed by atoms with Gasteiger partial charge in [0.15, 0.2) is 0 Å². The highest BCUT2D eigenvalue weighted by Crippen LogP contribution is 2.09. The quantitative estimate of drug-likeness (QED) is 0.593. The van der Waals surface area contributed by atoms with E-state index in [4.69, 9.17) is 5.73 Å². The van der Waals surface area contributed by atoms with Crippen LogP contribution in [0, 0.1) is 5.92 Å². The van der Waals surface area contributed by atoms with Gasteiger partial charge >= 0.3 is 0 Å². The van der Waals surface area contributed by atoms with Gasteiger partial charge in [0.25, 0.3) is 0 Å². The number of nitrogens with one attached hydrogen (secondary N) is 1. The topological polar surface area (TPSA) is 55.1 Å². The number of hydrogen-bond donors (Lipinski definition) is 2. The first-order valence-corrected chi connectivity index (χ1v) is 7.99. The maximum absolute atomic E-state index is 11.7. The van der Waals surface area contributed by atoms with Gasteiger partial charge in [-0.05, 0) is 44.6 Å². The minimum atomic E-state index is 0.120. The van der Waals surface area contributed by atoms with Crippen LogP contribution < -0.4 is 11.1 Å². The van der Waals surface area contributed by atoms with Crippen molar-refractivity contribution in [1.29, 1.82) is 0 Å².